The first-order valence-corrected chi connectivity index (χ1v) is 8.93. The van der Waals surface area contributed by atoms with E-state index in [1.807, 2.05) is 12.1 Å². The second-order valence-corrected chi connectivity index (χ2v) is 7.92. The summed E-state index contributed by atoms with van der Waals surface area (Å²) >= 11 is 1.44. The molecular weight excluding hydrogens is 336 g/mol. The van der Waals surface area contributed by atoms with Crippen LogP contribution in [0.1, 0.15) is 31.9 Å². The number of hydrogen-bond donors (Lipinski definition) is 1. The Hall–Kier alpha value is -2.34. The molecule has 1 amide bonds. The number of non-ortho nitro benzene ring substituents is 1. The highest BCUT2D eigenvalue weighted by atomic mass is 32.2. The van der Waals surface area contributed by atoms with Crippen LogP contribution in [0.15, 0.2) is 47.4 Å². The Kier molecular flexibility index (Phi) is 5.85. The molecule has 6 heteroatoms. The maximum Gasteiger partial charge on any atom is 0.271 e. The quantitative estimate of drug-likeness (QED) is 0.467. The van der Waals surface area contributed by atoms with Gasteiger partial charge >= 0.3 is 0 Å². The number of nitro groups is 1. The van der Waals surface area contributed by atoms with Gasteiger partial charge in [0.15, 0.2) is 0 Å². The summed E-state index contributed by atoms with van der Waals surface area (Å²) in [7, 11) is 0. The second-order valence-electron chi connectivity index (χ2n) is 6.87. The standard InChI is InChI=1S/C19H22N2O3S/c1-13-5-8-15(21(23)24)11-17(13)20-18(22)12-25-16-9-6-14(7-10-16)19(2,3)4/h5-11H,12H2,1-4H3,(H,20,22). The lowest BCUT2D eigenvalue weighted by molar-refractivity contribution is -0.384. The monoisotopic (exact) mass is 358 g/mol. The van der Waals surface area contributed by atoms with Gasteiger partial charge in [-0.1, -0.05) is 39.0 Å². The fourth-order valence-corrected chi connectivity index (χ4v) is 2.94. The summed E-state index contributed by atoms with van der Waals surface area (Å²) in [6.45, 7) is 8.27. The van der Waals surface area contributed by atoms with Crippen LogP contribution in [0.25, 0.3) is 0 Å². The third kappa shape index (κ3) is 5.32. The number of nitrogens with one attached hydrogen (secondary N) is 1. The smallest absolute Gasteiger partial charge is 0.271 e. The number of anilines is 1. The number of aryl methyl sites for hydroxylation is 1. The van der Waals surface area contributed by atoms with Crippen LogP contribution < -0.4 is 5.32 Å². The molecule has 0 aliphatic rings. The van der Waals surface area contributed by atoms with Crippen molar-refractivity contribution < 1.29 is 9.72 Å². The molecule has 0 saturated carbocycles. The van der Waals surface area contributed by atoms with Gasteiger partial charge in [-0.3, -0.25) is 14.9 Å². The summed E-state index contributed by atoms with van der Waals surface area (Å²) in [6, 6.07) is 12.6. The molecule has 0 fully saturated rings. The lowest BCUT2D eigenvalue weighted by atomic mass is 9.87. The largest absolute Gasteiger partial charge is 0.325 e. The lowest BCUT2D eigenvalue weighted by Crippen LogP contribution is -2.15. The van der Waals surface area contributed by atoms with Gasteiger partial charge in [-0.15, -0.1) is 11.8 Å². The second kappa shape index (κ2) is 7.70. The zero-order valence-electron chi connectivity index (χ0n) is 14.8. The number of thioether (sulfide) groups is 1. The molecule has 2 aromatic carbocycles. The highest BCUT2D eigenvalue weighted by Crippen LogP contribution is 2.26. The molecule has 0 bridgehead atoms. The van der Waals surface area contributed by atoms with Crippen LogP contribution in [-0.4, -0.2) is 16.6 Å². The van der Waals surface area contributed by atoms with Crippen LogP contribution in [0.2, 0.25) is 0 Å². The summed E-state index contributed by atoms with van der Waals surface area (Å²) < 4.78 is 0. The van der Waals surface area contributed by atoms with Crippen molar-refractivity contribution in [3.05, 3.63) is 63.7 Å². The summed E-state index contributed by atoms with van der Waals surface area (Å²) in [5.74, 6) is 0.0604. The molecule has 0 unspecified atom stereocenters. The molecule has 1 N–H and O–H groups in total. The van der Waals surface area contributed by atoms with Crippen molar-refractivity contribution in [2.45, 2.75) is 38.0 Å². The third-order valence-electron chi connectivity index (χ3n) is 3.80. The number of carbonyl (C=O) groups excluding carboxylic acids is 1. The molecule has 0 radical (unpaired) electrons. The summed E-state index contributed by atoms with van der Waals surface area (Å²) in [5.41, 5.74) is 2.57. The van der Waals surface area contributed by atoms with E-state index in [0.29, 0.717) is 5.69 Å². The number of carbonyl (C=O) groups is 1. The number of rotatable bonds is 5. The number of nitrogens with zero attached hydrogens (tertiary/aromatic N) is 1. The van der Waals surface area contributed by atoms with E-state index in [1.165, 1.54) is 29.5 Å². The average molecular weight is 358 g/mol. The maximum atomic E-state index is 12.1. The van der Waals surface area contributed by atoms with Gasteiger partial charge in [-0.2, -0.15) is 0 Å². The van der Waals surface area contributed by atoms with Gasteiger partial charge in [0.25, 0.3) is 5.69 Å². The molecule has 5 nitrogen and oxygen atoms in total. The topological polar surface area (TPSA) is 72.2 Å². The zero-order chi connectivity index (χ0) is 18.6. The number of hydrogen-bond acceptors (Lipinski definition) is 4. The van der Waals surface area contributed by atoms with Crippen molar-refractivity contribution in [3.63, 3.8) is 0 Å². The first kappa shape index (κ1) is 19.0. The fraction of sp³-hybridized carbons (Fsp3) is 0.316. The first-order valence-electron chi connectivity index (χ1n) is 7.95. The van der Waals surface area contributed by atoms with E-state index in [2.05, 4.69) is 38.2 Å². The van der Waals surface area contributed by atoms with E-state index < -0.39 is 4.92 Å². The van der Waals surface area contributed by atoms with Crippen molar-refractivity contribution in [3.8, 4) is 0 Å². The highest BCUT2D eigenvalue weighted by molar-refractivity contribution is 8.00. The molecule has 0 spiro atoms. The zero-order valence-corrected chi connectivity index (χ0v) is 15.6. The Morgan fingerprint density at radius 3 is 2.36 bits per heavy atom. The number of amides is 1. The first-order chi connectivity index (χ1) is 11.7. The average Bonchev–Trinajstić information content (AvgIpc) is 2.54. The molecule has 0 aliphatic heterocycles. The summed E-state index contributed by atoms with van der Waals surface area (Å²) in [5, 5.41) is 13.6. The van der Waals surface area contributed by atoms with Gasteiger partial charge in [-0.25, -0.2) is 0 Å². The van der Waals surface area contributed by atoms with Gasteiger partial charge in [0.05, 0.1) is 16.4 Å². The van der Waals surface area contributed by atoms with Crippen molar-refractivity contribution in [2.24, 2.45) is 0 Å². The van der Waals surface area contributed by atoms with E-state index in [9.17, 15) is 14.9 Å². The molecular formula is C19H22N2O3S. The van der Waals surface area contributed by atoms with Crippen molar-refractivity contribution in [1.82, 2.24) is 0 Å². The van der Waals surface area contributed by atoms with Crippen LogP contribution in [0.5, 0.6) is 0 Å². The van der Waals surface area contributed by atoms with Gasteiger partial charge in [0, 0.05) is 17.0 Å². The Morgan fingerprint density at radius 1 is 1.16 bits per heavy atom. The fourth-order valence-electron chi connectivity index (χ4n) is 2.24. The van der Waals surface area contributed by atoms with Crippen molar-refractivity contribution in [1.29, 1.82) is 0 Å². The SMILES string of the molecule is Cc1ccc([N+](=O)[O-])cc1NC(=O)CSc1ccc(C(C)(C)C)cc1. The minimum Gasteiger partial charge on any atom is -0.325 e. The molecule has 132 valence electrons. The minimum atomic E-state index is -0.472. The molecule has 2 rings (SSSR count). The lowest BCUT2D eigenvalue weighted by Gasteiger charge is -2.19. The van der Waals surface area contributed by atoms with Gasteiger partial charge in [-0.05, 0) is 35.6 Å². The normalized spacial score (nSPS) is 11.2. The molecule has 0 atom stereocenters. The van der Waals surface area contributed by atoms with Crippen molar-refractivity contribution in [2.75, 3.05) is 11.1 Å². The predicted octanol–water partition coefficient (Wildman–Crippen LogP) is 4.93. The van der Waals surface area contributed by atoms with Crippen LogP contribution >= 0.6 is 11.8 Å². The van der Waals surface area contributed by atoms with Crippen LogP contribution in [0.4, 0.5) is 11.4 Å². The Morgan fingerprint density at radius 2 is 1.80 bits per heavy atom. The maximum absolute atomic E-state index is 12.1. The molecule has 0 aliphatic carbocycles. The van der Waals surface area contributed by atoms with Crippen LogP contribution in [-0.2, 0) is 10.2 Å². The Balaban J connectivity index is 1.97. The molecule has 0 saturated heterocycles. The van der Waals surface area contributed by atoms with Gasteiger partial charge in [0.1, 0.15) is 0 Å². The van der Waals surface area contributed by atoms with E-state index in [0.717, 1.165) is 10.5 Å². The van der Waals surface area contributed by atoms with E-state index in [1.54, 1.807) is 13.0 Å². The van der Waals surface area contributed by atoms with Crippen LogP contribution in [0.3, 0.4) is 0 Å². The van der Waals surface area contributed by atoms with E-state index in [4.69, 9.17) is 0 Å². The van der Waals surface area contributed by atoms with Gasteiger partial charge < -0.3 is 5.32 Å². The molecule has 0 heterocycles. The van der Waals surface area contributed by atoms with E-state index >= 15 is 0 Å². The van der Waals surface area contributed by atoms with E-state index in [-0.39, 0.29) is 22.8 Å². The Labute approximate surface area is 152 Å². The van der Waals surface area contributed by atoms with Crippen molar-refractivity contribution >= 4 is 29.0 Å². The highest BCUT2D eigenvalue weighted by Gasteiger charge is 2.14. The van der Waals surface area contributed by atoms with Crippen LogP contribution in [0, 0.1) is 17.0 Å². The van der Waals surface area contributed by atoms with Gasteiger partial charge in [0.2, 0.25) is 5.91 Å². The minimum absolute atomic E-state index is 0.0358. The molecule has 25 heavy (non-hydrogen) atoms. The predicted molar refractivity (Wildman–Crippen MR) is 102 cm³/mol. The summed E-state index contributed by atoms with van der Waals surface area (Å²) in [6.07, 6.45) is 0. The molecule has 2 aromatic rings. The number of nitro benzene ring substituents is 1. The summed E-state index contributed by atoms with van der Waals surface area (Å²) in [4.78, 5) is 23.5. The molecule has 0 aromatic heterocycles. The third-order valence-corrected chi connectivity index (χ3v) is 4.81. The number of benzene rings is 2. The Bertz CT molecular complexity index is 780.